The first-order valence-electron chi connectivity index (χ1n) is 8.13. The topological polar surface area (TPSA) is 36.9 Å². The third-order valence-corrected chi connectivity index (χ3v) is 4.02. The van der Waals surface area contributed by atoms with Gasteiger partial charge in [-0.25, -0.2) is 0 Å². The monoisotopic (exact) mass is 326 g/mol. The van der Waals surface area contributed by atoms with Gasteiger partial charge in [0, 0.05) is 17.5 Å². The molecule has 1 heterocycles. The Bertz CT molecular complexity index is 706. The van der Waals surface area contributed by atoms with Gasteiger partial charge < -0.3 is 18.9 Å². The molecule has 1 atom stereocenters. The second-order valence-corrected chi connectivity index (χ2v) is 5.57. The number of hydrogen-bond donors (Lipinski definition) is 0. The van der Waals surface area contributed by atoms with E-state index in [4.69, 9.17) is 18.9 Å². The van der Waals surface area contributed by atoms with Crippen molar-refractivity contribution in [1.29, 1.82) is 0 Å². The predicted octanol–water partition coefficient (Wildman–Crippen LogP) is 4.53. The van der Waals surface area contributed by atoms with E-state index >= 15 is 0 Å². The highest BCUT2D eigenvalue weighted by molar-refractivity contribution is 5.54. The second kappa shape index (κ2) is 7.30. The Balaban J connectivity index is 1.92. The smallest absolute Gasteiger partial charge is 0.231 e. The van der Waals surface area contributed by atoms with Gasteiger partial charge in [0.05, 0.1) is 6.61 Å². The molecule has 0 radical (unpaired) electrons. The van der Waals surface area contributed by atoms with Gasteiger partial charge in [-0.15, -0.1) is 0 Å². The SMILES string of the molecule is C=CCOc1cc2c(cc1[C@@H](C)c1ccc(OCC)cc1)OCO2. The molecule has 24 heavy (non-hydrogen) atoms. The first-order valence-corrected chi connectivity index (χ1v) is 8.13. The summed E-state index contributed by atoms with van der Waals surface area (Å²) >= 11 is 0. The van der Waals surface area contributed by atoms with Gasteiger partial charge in [-0.05, 0) is 30.7 Å². The zero-order chi connectivity index (χ0) is 16.9. The van der Waals surface area contributed by atoms with E-state index < -0.39 is 0 Å². The number of benzene rings is 2. The van der Waals surface area contributed by atoms with Gasteiger partial charge in [-0.3, -0.25) is 0 Å². The van der Waals surface area contributed by atoms with Gasteiger partial charge >= 0.3 is 0 Å². The van der Waals surface area contributed by atoms with Crippen LogP contribution < -0.4 is 18.9 Å². The average molecular weight is 326 g/mol. The van der Waals surface area contributed by atoms with Crippen LogP contribution in [-0.2, 0) is 0 Å². The van der Waals surface area contributed by atoms with E-state index in [1.165, 1.54) is 5.56 Å². The van der Waals surface area contributed by atoms with Crippen molar-refractivity contribution in [2.75, 3.05) is 20.0 Å². The molecular weight excluding hydrogens is 304 g/mol. The first-order chi connectivity index (χ1) is 11.7. The van der Waals surface area contributed by atoms with Crippen LogP contribution in [0.15, 0.2) is 49.1 Å². The molecule has 0 saturated heterocycles. The first kappa shape index (κ1) is 16.2. The van der Waals surface area contributed by atoms with Crippen molar-refractivity contribution in [2.45, 2.75) is 19.8 Å². The molecule has 0 spiro atoms. The molecule has 0 amide bonds. The molecule has 0 fully saturated rings. The minimum Gasteiger partial charge on any atom is -0.494 e. The van der Waals surface area contributed by atoms with Gasteiger partial charge in [0.2, 0.25) is 6.79 Å². The van der Waals surface area contributed by atoms with Crippen molar-refractivity contribution < 1.29 is 18.9 Å². The van der Waals surface area contributed by atoms with Crippen molar-refractivity contribution in [3.63, 3.8) is 0 Å². The lowest BCUT2D eigenvalue weighted by Crippen LogP contribution is -2.03. The molecule has 126 valence electrons. The van der Waals surface area contributed by atoms with E-state index in [1.54, 1.807) is 6.08 Å². The second-order valence-electron chi connectivity index (χ2n) is 5.57. The maximum atomic E-state index is 5.84. The van der Waals surface area contributed by atoms with Crippen LogP contribution in [0.2, 0.25) is 0 Å². The van der Waals surface area contributed by atoms with Crippen LogP contribution in [0, 0.1) is 0 Å². The predicted molar refractivity (Wildman–Crippen MR) is 93.4 cm³/mol. The number of hydrogen-bond acceptors (Lipinski definition) is 4. The lowest BCUT2D eigenvalue weighted by Gasteiger charge is -2.18. The maximum Gasteiger partial charge on any atom is 0.231 e. The number of ether oxygens (including phenoxy) is 4. The largest absolute Gasteiger partial charge is 0.494 e. The Hall–Kier alpha value is -2.62. The standard InChI is InChI=1S/C20H22O4/c1-4-10-22-18-12-20-19(23-13-24-20)11-17(18)14(3)15-6-8-16(9-7-15)21-5-2/h4,6-9,11-12,14H,1,5,10,13H2,2-3H3/t14-/m0/s1. The molecule has 0 N–H and O–H groups in total. The van der Waals surface area contributed by atoms with Crippen LogP contribution in [0.4, 0.5) is 0 Å². The molecule has 2 aromatic rings. The van der Waals surface area contributed by atoms with Crippen molar-refractivity contribution in [2.24, 2.45) is 0 Å². The Morgan fingerprint density at radius 3 is 2.50 bits per heavy atom. The van der Waals surface area contributed by atoms with Crippen molar-refractivity contribution in [1.82, 2.24) is 0 Å². The zero-order valence-electron chi connectivity index (χ0n) is 14.1. The summed E-state index contributed by atoms with van der Waals surface area (Å²) in [6, 6.07) is 12.0. The van der Waals surface area contributed by atoms with Gasteiger partial charge in [0.15, 0.2) is 11.5 Å². The fourth-order valence-corrected chi connectivity index (χ4v) is 2.75. The molecule has 0 unspecified atom stereocenters. The summed E-state index contributed by atoms with van der Waals surface area (Å²) in [7, 11) is 0. The van der Waals surface area contributed by atoms with Crippen LogP contribution in [-0.4, -0.2) is 20.0 Å². The molecule has 0 saturated carbocycles. The van der Waals surface area contributed by atoms with Gasteiger partial charge in [0.25, 0.3) is 0 Å². The Morgan fingerprint density at radius 2 is 1.83 bits per heavy atom. The minimum absolute atomic E-state index is 0.148. The van der Waals surface area contributed by atoms with Crippen molar-refractivity contribution in [3.05, 3.63) is 60.2 Å². The highest BCUT2D eigenvalue weighted by atomic mass is 16.7. The molecule has 2 aromatic carbocycles. The van der Waals surface area contributed by atoms with E-state index in [0.29, 0.717) is 13.2 Å². The average Bonchev–Trinajstić information content (AvgIpc) is 3.07. The van der Waals surface area contributed by atoms with Crippen molar-refractivity contribution in [3.8, 4) is 23.0 Å². The lowest BCUT2D eigenvalue weighted by atomic mass is 9.92. The molecule has 3 rings (SSSR count). The molecule has 0 bridgehead atoms. The lowest BCUT2D eigenvalue weighted by molar-refractivity contribution is 0.174. The molecular formula is C20H22O4. The molecule has 4 heteroatoms. The van der Waals surface area contributed by atoms with Crippen LogP contribution in [0.1, 0.15) is 30.9 Å². The summed E-state index contributed by atoms with van der Waals surface area (Å²) in [4.78, 5) is 0. The van der Waals surface area contributed by atoms with Gasteiger partial charge in [-0.1, -0.05) is 31.7 Å². The highest BCUT2D eigenvalue weighted by Gasteiger charge is 2.22. The van der Waals surface area contributed by atoms with Gasteiger partial charge in [0.1, 0.15) is 18.1 Å². The van der Waals surface area contributed by atoms with E-state index in [0.717, 1.165) is 28.6 Å². The quantitative estimate of drug-likeness (QED) is 0.701. The summed E-state index contributed by atoms with van der Waals surface area (Å²) in [5.74, 6) is 3.29. The molecule has 1 aliphatic rings. The third-order valence-electron chi connectivity index (χ3n) is 4.02. The van der Waals surface area contributed by atoms with Crippen molar-refractivity contribution >= 4 is 0 Å². The summed E-state index contributed by atoms with van der Waals surface area (Å²) < 4.78 is 22.3. The Morgan fingerprint density at radius 1 is 1.12 bits per heavy atom. The molecule has 0 aromatic heterocycles. The minimum atomic E-state index is 0.148. The molecule has 4 nitrogen and oxygen atoms in total. The Kier molecular flexibility index (Phi) is 4.94. The summed E-state index contributed by atoms with van der Waals surface area (Å²) in [6.45, 7) is 9.20. The van der Waals surface area contributed by atoms with E-state index in [1.807, 2.05) is 31.2 Å². The van der Waals surface area contributed by atoms with E-state index in [9.17, 15) is 0 Å². The normalized spacial score (nSPS) is 13.4. The zero-order valence-corrected chi connectivity index (χ0v) is 14.1. The van der Waals surface area contributed by atoms with Crippen LogP contribution >= 0.6 is 0 Å². The third kappa shape index (κ3) is 3.32. The highest BCUT2D eigenvalue weighted by Crippen LogP contribution is 2.42. The van der Waals surface area contributed by atoms with Crippen LogP contribution in [0.5, 0.6) is 23.0 Å². The fraction of sp³-hybridized carbons (Fsp3) is 0.300. The van der Waals surface area contributed by atoms with E-state index in [-0.39, 0.29) is 12.7 Å². The number of fused-ring (bicyclic) bond motifs is 1. The maximum absolute atomic E-state index is 5.84. The Labute approximate surface area is 142 Å². The summed E-state index contributed by atoms with van der Waals surface area (Å²) in [6.07, 6.45) is 1.73. The van der Waals surface area contributed by atoms with Crippen LogP contribution in [0.25, 0.3) is 0 Å². The number of rotatable bonds is 7. The molecule has 0 aliphatic carbocycles. The van der Waals surface area contributed by atoms with Gasteiger partial charge in [-0.2, -0.15) is 0 Å². The summed E-state index contributed by atoms with van der Waals surface area (Å²) in [5, 5.41) is 0. The van der Waals surface area contributed by atoms with Crippen LogP contribution in [0.3, 0.4) is 0 Å². The summed E-state index contributed by atoms with van der Waals surface area (Å²) in [5.41, 5.74) is 2.24. The molecule has 1 aliphatic heterocycles. The fourth-order valence-electron chi connectivity index (χ4n) is 2.75. The van der Waals surface area contributed by atoms with E-state index in [2.05, 4.69) is 25.6 Å².